The molecule has 2 aromatic heterocycles. The molecule has 1 atom stereocenters. The predicted molar refractivity (Wildman–Crippen MR) is 106 cm³/mol. The van der Waals surface area contributed by atoms with Crippen molar-refractivity contribution >= 4 is 33.4 Å². The van der Waals surface area contributed by atoms with Crippen LogP contribution in [0.4, 0.5) is 8.78 Å². The molecule has 8 nitrogen and oxygen atoms in total. The summed E-state index contributed by atoms with van der Waals surface area (Å²) in [5.74, 6) is -3.72. The van der Waals surface area contributed by atoms with Crippen LogP contribution in [0.2, 0.25) is 0 Å². The van der Waals surface area contributed by atoms with Crippen molar-refractivity contribution < 1.29 is 18.4 Å². The third-order valence-electron chi connectivity index (χ3n) is 4.98. The highest BCUT2D eigenvalue weighted by atomic mass is 32.1. The van der Waals surface area contributed by atoms with Crippen LogP contribution in [0.3, 0.4) is 0 Å². The average molecular weight is 434 g/mol. The fraction of sp³-hybridized carbons (Fsp3) is 0.421. The quantitative estimate of drug-likeness (QED) is 0.642. The van der Waals surface area contributed by atoms with Crippen LogP contribution in [0.5, 0.6) is 0 Å². The summed E-state index contributed by atoms with van der Waals surface area (Å²) in [6.45, 7) is -0.570. The first-order valence-electron chi connectivity index (χ1n) is 9.48. The topological polar surface area (TPSA) is 93.0 Å². The number of amides is 2. The van der Waals surface area contributed by atoms with Gasteiger partial charge in [0.15, 0.2) is 5.69 Å². The average Bonchev–Trinajstić information content (AvgIpc) is 3.42. The van der Waals surface area contributed by atoms with E-state index >= 15 is 0 Å². The van der Waals surface area contributed by atoms with Crippen LogP contribution in [-0.4, -0.2) is 62.2 Å². The number of rotatable bonds is 6. The zero-order chi connectivity index (χ0) is 21.3. The molecule has 0 radical (unpaired) electrons. The molecule has 0 saturated carbocycles. The van der Waals surface area contributed by atoms with Crippen molar-refractivity contribution in [2.75, 3.05) is 13.6 Å². The summed E-state index contributed by atoms with van der Waals surface area (Å²) in [5, 5.41) is 10.8. The number of nitrogens with one attached hydrogen (secondary N) is 1. The molecule has 0 aliphatic carbocycles. The Morgan fingerprint density at radius 2 is 2.13 bits per heavy atom. The molecule has 3 aromatic rings. The molecule has 158 valence electrons. The molecule has 2 amide bonds. The zero-order valence-electron chi connectivity index (χ0n) is 16.2. The summed E-state index contributed by atoms with van der Waals surface area (Å²) in [6, 6.07) is 6.96. The first-order valence-corrected chi connectivity index (χ1v) is 10.3. The number of fused-ring (bicyclic) bond motifs is 1. The number of para-hydroxylation sites is 1. The molecule has 30 heavy (non-hydrogen) atoms. The SMILES string of the molecule is CNC(=O)c1cn(CC2CC(F)(F)CN2C(=O)CCc2nc3ccccc3s2)nn1. The molecule has 0 bridgehead atoms. The largest absolute Gasteiger partial charge is 0.354 e. The predicted octanol–water partition coefficient (Wildman–Crippen LogP) is 2.12. The molecular formula is C19H20F2N6O2S. The van der Waals surface area contributed by atoms with E-state index in [-0.39, 0.29) is 24.6 Å². The van der Waals surface area contributed by atoms with Crippen LogP contribution in [0.1, 0.15) is 28.3 Å². The fourth-order valence-corrected chi connectivity index (χ4v) is 4.54. The molecule has 3 heterocycles. The van der Waals surface area contributed by atoms with Gasteiger partial charge in [-0.1, -0.05) is 17.3 Å². The maximum Gasteiger partial charge on any atom is 0.273 e. The number of halogens is 2. The van der Waals surface area contributed by atoms with E-state index in [1.54, 1.807) is 0 Å². The van der Waals surface area contributed by atoms with E-state index in [0.29, 0.717) is 6.42 Å². The minimum absolute atomic E-state index is 0.0481. The smallest absolute Gasteiger partial charge is 0.273 e. The minimum atomic E-state index is -2.96. The van der Waals surface area contributed by atoms with E-state index in [9.17, 15) is 18.4 Å². The van der Waals surface area contributed by atoms with E-state index in [4.69, 9.17) is 0 Å². The molecule has 1 N–H and O–H groups in total. The highest BCUT2D eigenvalue weighted by molar-refractivity contribution is 7.18. The van der Waals surface area contributed by atoms with Crippen molar-refractivity contribution in [1.82, 2.24) is 30.2 Å². The first kappa shape index (κ1) is 20.3. The summed E-state index contributed by atoms with van der Waals surface area (Å²) in [6.07, 6.45) is 1.44. The number of carbonyl (C=O) groups is 2. The number of alkyl halides is 2. The summed E-state index contributed by atoms with van der Waals surface area (Å²) in [5.41, 5.74) is 0.963. The second kappa shape index (κ2) is 8.05. The Kier molecular flexibility index (Phi) is 5.46. The summed E-state index contributed by atoms with van der Waals surface area (Å²) >= 11 is 1.50. The standard InChI is InChI=1S/C19H20F2N6O2S/c1-22-18(29)14-10-26(25-24-14)9-12-8-19(20,21)11-27(12)17(28)7-6-16-23-13-4-2-3-5-15(13)30-16/h2-5,10,12H,6-9,11H2,1H3,(H,22,29). The van der Waals surface area contributed by atoms with Crippen molar-refractivity contribution in [1.29, 1.82) is 0 Å². The lowest BCUT2D eigenvalue weighted by atomic mass is 10.2. The number of benzene rings is 1. The molecule has 4 rings (SSSR count). The Bertz CT molecular complexity index is 1050. The van der Waals surface area contributed by atoms with Crippen molar-refractivity contribution in [3.63, 3.8) is 0 Å². The van der Waals surface area contributed by atoms with Crippen molar-refractivity contribution in [3.8, 4) is 0 Å². The Hall–Kier alpha value is -2.95. The highest BCUT2D eigenvalue weighted by Gasteiger charge is 2.46. The molecule has 1 unspecified atom stereocenters. The number of carbonyl (C=O) groups excluding carboxylic acids is 2. The van der Waals surface area contributed by atoms with Crippen LogP contribution in [-0.2, 0) is 17.8 Å². The van der Waals surface area contributed by atoms with Gasteiger partial charge in [-0.2, -0.15) is 0 Å². The maximum absolute atomic E-state index is 14.1. The van der Waals surface area contributed by atoms with Gasteiger partial charge < -0.3 is 10.2 Å². The van der Waals surface area contributed by atoms with Crippen LogP contribution in [0.15, 0.2) is 30.5 Å². The van der Waals surface area contributed by atoms with E-state index < -0.39 is 30.8 Å². The second-order valence-corrected chi connectivity index (χ2v) is 8.33. The Balaban J connectivity index is 1.42. The van der Waals surface area contributed by atoms with Gasteiger partial charge in [-0.15, -0.1) is 16.4 Å². The molecule has 1 aliphatic rings. The molecular weight excluding hydrogens is 414 g/mol. The first-order chi connectivity index (χ1) is 14.3. The molecule has 1 aliphatic heterocycles. The molecule has 0 spiro atoms. The van der Waals surface area contributed by atoms with Crippen LogP contribution in [0.25, 0.3) is 10.2 Å². The normalized spacial score (nSPS) is 18.1. The number of likely N-dealkylation sites (tertiary alicyclic amines) is 1. The molecule has 1 fully saturated rings. The third-order valence-corrected chi connectivity index (χ3v) is 6.08. The Labute approximate surface area is 174 Å². The lowest BCUT2D eigenvalue weighted by molar-refractivity contribution is -0.133. The van der Waals surface area contributed by atoms with E-state index in [0.717, 1.165) is 15.2 Å². The lowest BCUT2D eigenvalue weighted by Crippen LogP contribution is -2.39. The van der Waals surface area contributed by atoms with Gasteiger partial charge >= 0.3 is 0 Å². The van der Waals surface area contributed by atoms with Crippen molar-refractivity contribution in [2.24, 2.45) is 0 Å². The summed E-state index contributed by atoms with van der Waals surface area (Å²) in [4.78, 5) is 30.1. The lowest BCUT2D eigenvalue weighted by Gasteiger charge is -2.23. The highest BCUT2D eigenvalue weighted by Crippen LogP contribution is 2.33. The van der Waals surface area contributed by atoms with E-state index in [1.165, 1.54) is 34.2 Å². The van der Waals surface area contributed by atoms with Crippen LogP contribution < -0.4 is 5.32 Å². The van der Waals surface area contributed by atoms with Gasteiger partial charge in [0.1, 0.15) is 0 Å². The zero-order valence-corrected chi connectivity index (χ0v) is 17.0. The Morgan fingerprint density at radius 3 is 2.90 bits per heavy atom. The third kappa shape index (κ3) is 4.30. The van der Waals surface area contributed by atoms with Crippen LogP contribution >= 0.6 is 11.3 Å². The molecule has 1 aromatic carbocycles. The van der Waals surface area contributed by atoms with Gasteiger partial charge in [0.05, 0.1) is 40.6 Å². The number of nitrogens with zero attached hydrogens (tertiary/aromatic N) is 5. The van der Waals surface area contributed by atoms with Gasteiger partial charge in [0, 0.05) is 26.3 Å². The number of aromatic nitrogens is 4. The number of aryl methyl sites for hydroxylation is 1. The number of hydrogen-bond donors (Lipinski definition) is 1. The van der Waals surface area contributed by atoms with Gasteiger partial charge in [-0.3, -0.25) is 9.59 Å². The summed E-state index contributed by atoms with van der Waals surface area (Å²) < 4.78 is 30.5. The Morgan fingerprint density at radius 1 is 1.33 bits per heavy atom. The van der Waals surface area contributed by atoms with E-state index in [2.05, 4.69) is 20.6 Å². The van der Waals surface area contributed by atoms with Gasteiger partial charge in [0.25, 0.3) is 11.8 Å². The van der Waals surface area contributed by atoms with Gasteiger partial charge in [-0.25, -0.2) is 18.4 Å². The van der Waals surface area contributed by atoms with Crippen molar-refractivity contribution in [2.45, 2.75) is 37.8 Å². The fourth-order valence-electron chi connectivity index (χ4n) is 3.57. The van der Waals surface area contributed by atoms with E-state index in [1.807, 2.05) is 24.3 Å². The van der Waals surface area contributed by atoms with Crippen molar-refractivity contribution in [3.05, 3.63) is 41.2 Å². The molecule has 11 heteroatoms. The second-order valence-electron chi connectivity index (χ2n) is 7.22. The number of hydrogen-bond acceptors (Lipinski definition) is 6. The van der Waals surface area contributed by atoms with Gasteiger partial charge in [0.2, 0.25) is 5.91 Å². The minimum Gasteiger partial charge on any atom is -0.354 e. The number of thiazole rings is 1. The van der Waals surface area contributed by atoms with Gasteiger partial charge in [-0.05, 0) is 12.1 Å². The summed E-state index contributed by atoms with van der Waals surface area (Å²) in [7, 11) is 1.46. The monoisotopic (exact) mass is 434 g/mol. The maximum atomic E-state index is 14.1. The van der Waals surface area contributed by atoms with Crippen LogP contribution in [0, 0.1) is 0 Å². The molecule has 1 saturated heterocycles.